The number of anilines is 1. The first-order valence-electron chi connectivity index (χ1n) is 7.29. The molecule has 0 aromatic heterocycles. The summed E-state index contributed by atoms with van der Waals surface area (Å²) >= 11 is 5.70. The van der Waals surface area contributed by atoms with Gasteiger partial charge in [-0.3, -0.25) is 9.69 Å². The van der Waals surface area contributed by atoms with Crippen LogP contribution < -0.4 is 11.1 Å². The molecule has 2 rings (SSSR count). The number of hydrogen-bond donors (Lipinski definition) is 2. The number of likely N-dealkylation sites (tertiary alicyclic amines) is 1. The van der Waals surface area contributed by atoms with Crippen LogP contribution in [0.4, 0.5) is 10.1 Å². The molecule has 1 heterocycles. The first kappa shape index (κ1) is 16.2. The molecule has 1 unspecified atom stereocenters. The Hall–Kier alpha value is -1.17. The topological polar surface area (TPSA) is 58.4 Å². The summed E-state index contributed by atoms with van der Waals surface area (Å²) in [4.78, 5) is 14.3. The van der Waals surface area contributed by atoms with E-state index in [0.29, 0.717) is 24.8 Å². The molecule has 1 aliphatic rings. The highest BCUT2D eigenvalue weighted by molar-refractivity contribution is 6.31. The quantitative estimate of drug-likeness (QED) is 0.878. The van der Waals surface area contributed by atoms with E-state index in [0.717, 1.165) is 25.8 Å². The number of halogens is 2. The number of benzene rings is 1. The molecule has 1 aromatic carbocycles. The number of piperidine rings is 1. The zero-order valence-corrected chi connectivity index (χ0v) is 12.7. The number of hydrogen-bond acceptors (Lipinski definition) is 3. The first-order valence-corrected chi connectivity index (χ1v) is 7.67. The van der Waals surface area contributed by atoms with Crippen LogP contribution in [0.5, 0.6) is 0 Å². The maximum absolute atomic E-state index is 13.1. The smallest absolute Gasteiger partial charge is 0.238 e. The molecule has 21 heavy (non-hydrogen) atoms. The second kappa shape index (κ2) is 7.73. The van der Waals surface area contributed by atoms with E-state index in [-0.39, 0.29) is 10.9 Å². The number of rotatable bonds is 5. The Morgan fingerprint density at radius 1 is 1.48 bits per heavy atom. The van der Waals surface area contributed by atoms with Crippen LogP contribution in [0.1, 0.15) is 25.7 Å². The lowest BCUT2D eigenvalue weighted by Gasteiger charge is -2.35. The Kier molecular flexibility index (Phi) is 5.96. The normalized spacial score (nSPS) is 19.5. The zero-order valence-electron chi connectivity index (χ0n) is 11.9. The lowest BCUT2D eigenvalue weighted by atomic mass is 9.99. The standard InChI is InChI=1S/C15H21ClFN3O/c16-13-9-11(4-5-14(13)17)19-15(21)10-20-8-2-1-3-12(20)6-7-18/h4-5,9,12H,1-3,6-8,10,18H2,(H,19,21). The van der Waals surface area contributed by atoms with E-state index in [1.807, 2.05) is 0 Å². The second-order valence-electron chi connectivity index (χ2n) is 5.37. The fourth-order valence-electron chi connectivity index (χ4n) is 2.75. The van der Waals surface area contributed by atoms with Gasteiger partial charge < -0.3 is 11.1 Å². The molecule has 1 fully saturated rings. The summed E-state index contributed by atoms with van der Waals surface area (Å²) in [6.07, 6.45) is 4.30. The fraction of sp³-hybridized carbons (Fsp3) is 0.533. The van der Waals surface area contributed by atoms with Gasteiger partial charge in [0.1, 0.15) is 5.82 Å². The van der Waals surface area contributed by atoms with Crippen molar-refractivity contribution in [2.24, 2.45) is 5.73 Å². The summed E-state index contributed by atoms with van der Waals surface area (Å²) in [5.41, 5.74) is 6.14. The summed E-state index contributed by atoms with van der Waals surface area (Å²) in [7, 11) is 0. The number of amides is 1. The van der Waals surface area contributed by atoms with Crippen LogP contribution in [0, 0.1) is 5.82 Å². The molecule has 0 saturated carbocycles. The van der Waals surface area contributed by atoms with Crippen molar-refractivity contribution in [3.8, 4) is 0 Å². The second-order valence-corrected chi connectivity index (χ2v) is 5.78. The number of nitrogens with two attached hydrogens (primary N) is 1. The number of carbonyl (C=O) groups excluding carboxylic acids is 1. The Balaban J connectivity index is 1.92. The maximum atomic E-state index is 13.1. The molecule has 0 bridgehead atoms. The average molecular weight is 314 g/mol. The van der Waals surface area contributed by atoms with Crippen molar-refractivity contribution in [3.63, 3.8) is 0 Å². The predicted octanol–water partition coefficient (Wildman–Crippen LogP) is 2.62. The first-order chi connectivity index (χ1) is 10.1. The van der Waals surface area contributed by atoms with Crippen molar-refractivity contribution in [2.45, 2.75) is 31.7 Å². The van der Waals surface area contributed by atoms with E-state index < -0.39 is 5.82 Å². The lowest BCUT2D eigenvalue weighted by molar-refractivity contribution is -0.118. The molecule has 116 valence electrons. The molecule has 0 radical (unpaired) electrons. The highest BCUT2D eigenvalue weighted by Gasteiger charge is 2.23. The SMILES string of the molecule is NCCC1CCCCN1CC(=O)Nc1ccc(F)c(Cl)c1. The lowest BCUT2D eigenvalue weighted by Crippen LogP contribution is -2.44. The molecule has 1 aromatic rings. The molecular weight excluding hydrogens is 293 g/mol. The van der Waals surface area contributed by atoms with Crippen molar-refractivity contribution in [2.75, 3.05) is 25.0 Å². The molecule has 1 amide bonds. The Morgan fingerprint density at radius 2 is 2.29 bits per heavy atom. The van der Waals surface area contributed by atoms with Crippen LogP contribution in [-0.4, -0.2) is 36.5 Å². The van der Waals surface area contributed by atoms with E-state index in [2.05, 4.69) is 10.2 Å². The van der Waals surface area contributed by atoms with Crippen molar-refractivity contribution in [3.05, 3.63) is 29.0 Å². The van der Waals surface area contributed by atoms with E-state index in [1.165, 1.54) is 24.6 Å². The van der Waals surface area contributed by atoms with E-state index >= 15 is 0 Å². The molecule has 3 N–H and O–H groups in total. The minimum atomic E-state index is -0.492. The van der Waals surface area contributed by atoms with Gasteiger partial charge in [-0.1, -0.05) is 18.0 Å². The maximum Gasteiger partial charge on any atom is 0.238 e. The average Bonchev–Trinajstić information content (AvgIpc) is 2.45. The Labute approximate surface area is 129 Å². The van der Waals surface area contributed by atoms with Gasteiger partial charge in [0.25, 0.3) is 0 Å². The van der Waals surface area contributed by atoms with Gasteiger partial charge in [0.15, 0.2) is 0 Å². The van der Waals surface area contributed by atoms with Crippen LogP contribution in [0.3, 0.4) is 0 Å². The summed E-state index contributed by atoms with van der Waals surface area (Å²) in [6.45, 7) is 1.89. The van der Waals surface area contributed by atoms with Crippen LogP contribution in [0.15, 0.2) is 18.2 Å². The van der Waals surface area contributed by atoms with Gasteiger partial charge in [0, 0.05) is 11.7 Å². The summed E-state index contributed by atoms with van der Waals surface area (Å²) in [5.74, 6) is -0.602. The van der Waals surface area contributed by atoms with Crippen molar-refractivity contribution >= 4 is 23.2 Å². The zero-order chi connectivity index (χ0) is 15.2. The third-order valence-corrected chi connectivity index (χ3v) is 4.09. The molecule has 1 aliphatic heterocycles. The van der Waals surface area contributed by atoms with Gasteiger partial charge in [-0.25, -0.2) is 4.39 Å². The molecular formula is C15H21ClFN3O. The van der Waals surface area contributed by atoms with Gasteiger partial charge in [0.2, 0.25) is 5.91 Å². The summed E-state index contributed by atoms with van der Waals surface area (Å²) in [5, 5.41) is 2.76. The fourth-order valence-corrected chi connectivity index (χ4v) is 2.93. The van der Waals surface area contributed by atoms with Crippen molar-refractivity contribution in [1.82, 2.24) is 4.90 Å². The minimum Gasteiger partial charge on any atom is -0.330 e. The number of nitrogens with zero attached hydrogens (tertiary/aromatic N) is 1. The largest absolute Gasteiger partial charge is 0.330 e. The molecule has 1 atom stereocenters. The highest BCUT2D eigenvalue weighted by Crippen LogP contribution is 2.21. The molecule has 1 saturated heterocycles. The highest BCUT2D eigenvalue weighted by atomic mass is 35.5. The van der Waals surface area contributed by atoms with Gasteiger partial charge in [-0.15, -0.1) is 0 Å². The van der Waals surface area contributed by atoms with Gasteiger partial charge in [-0.2, -0.15) is 0 Å². The summed E-state index contributed by atoms with van der Waals surface area (Å²) in [6, 6.07) is 4.55. The van der Waals surface area contributed by atoms with E-state index in [9.17, 15) is 9.18 Å². The number of carbonyl (C=O) groups is 1. The third kappa shape index (κ3) is 4.66. The number of nitrogens with one attached hydrogen (secondary N) is 1. The van der Waals surface area contributed by atoms with Crippen LogP contribution >= 0.6 is 11.6 Å². The van der Waals surface area contributed by atoms with Crippen LogP contribution in [0.25, 0.3) is 0 Å². The molecule has 0 aliphatic carbocycles. The minimum absolute atomic E-state index is 0.00628. The third-order valence-electron chi connectivity index (χ3n) is 3.80. The Morgan fingerprint density at radius 3 is 3.00 bits per heavy atom. The molecule has 0 spiro atoms. The van der Waals surface area contributed by atoms with E-state index in [4.69, 9.17) is 17.3 Å². The van der Waals surface area contributed by atoms with Crippen molar-refractivity contribution in [1.29, 1.82) is 0 Å². The monoisotopic (exact) mass is 313 g/mol. The van der Waals surface area contributed by atoms with Crippen LogP contribution in [-0.2, 0) is 4.79 Å². The van der Waals surface area contributed by atoms with Gasteiger partial charge in [0.05, 0.1) is 11.6 Å². The summed E-state index contributed by atoms with van der Waals surface area (Å²) < 4.78 is 13.1. The van der Waals surface area contributed by atoms with Crippen LogP contribution in [0.2, 0.25) is 5.02 Å². The Bertz CT molecular complexity index is 496. The van der Waals surface area contributed by atoms with E-state index in [1.54, 1.807) is 0 Å². The molecule has 6 heteroatoms. The van der Waals surface area contributed by atoms with Gasteiger partial charge in [-0.05, 0) is 50.6 Å². The molecule has 4 nitrogen and oxygen atoms in total. The van der Waals surface area contributed by atoms with Gasteiger partial charge >= 0.3 is 0 Å². The predicted molar refractivity (Wildman–Crippen MR) is 82.9 cm³/mol. The van der Waals surface area contributed by atoms with Crippen molar-refractivity contribution < 1.29 is 9.18 Å².